The molecule has 4 nitrogen and oxygen atoms in total. The lowest BCUT2D eigenvalue weighted by molar-refractivity contribution is -0.129. The van der Waals surface area contributed by atoms with Gasteiger partial charge >= 0.3 is 0 Å². The van der Waals surface area contributed by atoms with Crippen LogP contribution in [0.4, 0.5) is 0 Å². The average Bonchev–Trinajstić information content (AvgIpc) is 2.37. The standard InChI is InChI=1S/C15H22N2O2/c1-4-16-15(19)14(11(2)3)17-13(18)10-12-8-6-5-7-9-12/h5-9,11,14H,4,10H2,1-3H3,(H,16,19)(H,17,18)/t14-/m1/s1. The van der Waals surface area contributed by atoms with Crippen LogP contribution in [-0.4, -0.2) is 24.4 Å². The maximum atomic E-state index is 11.9. The Morgan fingerprint density at radius 1 is 1.16 bits per heavy atom. The van der Waals surface area contributed by atoms with E-state index in [1.165, 1.54) is 0 Å². The molecule has 0 saturated heterocycles. The molecule has 0 aliphatic carbocycles. The van der Waals surface area contributed by atoms with Crippen LogP contribution < -0.4 is 10.6 Å². The van der Waals surface area contributed by atoms with Gasteiger partial charge in [-0.15, -0.1) is 0 Å². The van der Waals surface area contributed by atoms with Crippen LogP contribution in [-0.2, 0) is 16.0 Å². The first-order valence-electron chi connectivity index (χ1n) is 6.65. The third-order valence-electron chi connectivity index (χ3n) is 2.82. The molecular formula is C15H22N2O2. The molecule has 0 aromatic heterocycles. The number of nitrogens with one attached hydrogen (secondary N) is 2. The number of rotatable bonds is 6. The molecule has 1 atom stereocenters. The van der Waals surface area contributed by atoms with Crippen molar-refractivity contribution in [1.29, 1.82) is 0 Å². The maximum absolute atomic E-state index is 11.9. The molecule has 0 saturated carbocycles. The summed E-state index contributed by atoms with van der Waals surface area (Å²) >= 11 is 0. The van der Waals surface area contributed by atoms with Gasteiger partial charge in [0.05, 0.1) is 6.42 Å². The molecule has 2 amide bonds. The molecule has 1 aromatic carbocycles. The second-order valence-electron chi connectivity index (χ2n) is 4.85. The molecule has 2 N–H and O–H groups in total. The molecule has 0 radical (unpaired) electrons. The first-order chi connectivity index (χ1) is 9.04. The zero-order valence-electron chi connectivity index (χ0n) is 11.8. The van der Waals surface area contributed by atoms with Gasteiger partial charge in [-0.3, -0.25) is 9.59 Å². The highest BCUT2D eigenvalue weighted by Gasteiger charge is 2.23. The largest absolute Gasteiger partial charge is 0.355 e. The van der Waals surface area contributed by atoms with E-state index in [2.05, 4.69) is 10.6 Å². The van der Waals surface area contributed by atoms with E-state index in [0.717, 1.165) is 5.56 Å². The van der Waals surface area contributed by atoms with Gasteiger partial charge in [0.2, 0.25) is 11.8 Å². The van der Waals surface area contributed by atoms with Crippen LogP contribution in [0.1, 0.15) is 26.3 Å². The van der Waals surface area contributed by atoms with Crippen molar-refractivity contribution in [2.45, 2.75) is 33.2 Å². The van der Waals surface area contributed by atoms with Crippen molar-refractivity contribution >= 4 is 11.8 Å². The number of carbonyl (C=O) groups excluding carboxylic acids is 2. The number of hydrogen-bond donors (Lipinski definition) is 2. The lowest BCUT2D eigenvalue weighted by Crippen LogP contribution is -2.50. The monoisotopic (exact) mass is 262 g/mol. The van der Waals surface area contributed by atoms with Crippen molar-refractivity contribution in [2.75, 3.05) is 6.54 Å². The number of amides is 2. The van der Waals surface area contributed by atoms with Crippen LogP contribution in [0.25, 0.3) is 0 Å². The van der Waals surface area contributed by atoms with Gasteiger partial charge in [0.1, 0.15) is 6.04 Å². The van der Waals surface area contributed by atoms with Crippen LogP contribution in [0.3, 0.4) is 0 Å². The summed E-state index contributed by atoms with van der Waals surface area (Å²) in [5.74, 6) is -0.193. The molecule has 1 aromatic rings. The lowest BCUT2D eigenvalue weighted by Gasteiger charge is -2.21. The fourth-order valence-corrected chi connectivity index (χ4v) is 1.82. The van der Waals surface area contributed by atoms with Gasteiger partial charge in [-0.1, -0.05) is 44.2 Å². The van der Waals surface area contributed by atoms with E-state index in [0.29, 0.717) is 13.0 Å². The van der Waals surface area contributed by atoms with Crippen LogP contribution in [0, 0.1) is 5.92 Å². The Morgan fingerprint density at radius 2 is 1.79 bits per heavy atom. The number of benzene rings is 1. The van der Waals surface area contributed by atoms with Crippen LogP contribution in [0.5, 0.6) is 0 Å². The predicted molar refractivity (Wildman–Crippen MR) is 75.6 cm³/mol. The summed E-state index contributed by atoms with van der Waals surface area (Å²) in [6, 6.07) is 9.02. The van der Waals surface area contributed by atoms with Crippen LogP contribution in [0.2, 0.25) is 0 Å². The second-order valence-corrected chi connectivity index (χ2v) is 4.85. The molecule has 104 valence electrons. The van der Waals surface area contributed by atoms with Crippen molar-refractivity contribution in [3.63, 3.8) is 0 Å². The maximum Gasteiger partial charge on any atom is 0.242 e. The number of carbonyl (C=O) groups is 2. The summed E-state index contributed by atoms with van der Waals surface area (Å²) in [6.45, 7) is 6.27. The van der Waals surface area contributed by atoms with Gasteiger partial charge in [-0.05, 0) is 18.4 Å². The molecule has 0 aliphatic rings. The molecule has 0 fully saturated rings. The molecule has 0 bridgehead atoms. The zero-order valence-corrected chi connectivity index (χ0v) is 11.8. The summed E-state index contributed by atoms with van der Waals surface area (Å²) in [5, 5.41) is 5.54. The molecule has 4 heteroatoms. The highest BCUT2D eigenvalue weighted by molar-refractivity contribution is 5.88. The fraction of sp³-hybridized carbons (Fsp3) is 0.467. The fourth-order valence-electron chi connectivity index (χ4n) is 1.82. The topological polar surface area (TPSA) is 58.2 Å². The van der Waals surface area contributed by atoms with E-state index in [9.17, 15) is 9.59 Å². The average molecular weight is 262 g/mol. The summed E-state index contributed by atoms with van der Waals surface area (Å²) < 4.78 is 0. The number of likely N-dealkylation sites (N-methyl/N-ethyl adjacent to an activating group) is 1. The molecule has 0 unspecified atom stereocenters. The minimum Gasteiger partial charge on any atom is -0.355 e. The zero-order chi connectivity index (χ0) is 14.3. The van der Waals surface area contributed by atoms with E-state index in [-0.39, 0.29) is 17.7 Å². The Balaban J connectivity index is 2.59. The third kappa shape index (κ3) is 5.12. The highest BCUT2D eigenvalue weighted by Crippen LogP contribution is 2.04. The van der Waals surface area contributed by atoms with Crippen LogP contribution >= 0.6 is 0 Å². The van der Waals surface area contributed by atoms with Crippen molar-refractivity contribution in [3.8, 4) is 0 Å². The predicted octanol–water partition coefficient (Wildman–Crippen LogP) is 1.51. The molecule has 0 aliphatic heterocycles. The van der Waals surface area contributed by atoms with Crippen molar-refractivity contribution in [3.05, 3.63) is 35.9 Å². The van der Waals surface area contributed by atoms with E-state index in [1.807, 2.05) is 51.1 Å². The highest BCUT2D eigenvalue weighted by atomic mass is 16.2. The van der Waals surface area contributed by atoms with Gasteiger partial charge in [-0.25, -0.2) is 0 Å². The van der Waals surface area contributed by atoms with E-state index < -0.39 is 6.04 Å². The smallest absolute Gasteiger partial charge is 0.242 e. The van der Waals surface area contributed by atoms with E-state index in [1.54, 1.807) is 0 Å². The first kappa shape index (κ1) is 15.2. The molecule has 0 heterocycles. The summed E-state index contributed by atoms with van der Waals surface area (Å²) in [4.78, 5) is 23.8. The lowest BCUT2D eigenvalue weighted by atomic mass is 10.0. The van der Waals surface area contributed by atoms with Crippen molar-refractivity contribution < 1.29 is 9.59 Å². The SMILES string of the molecule is CCNC(=O)[C@H](NC(=O)Cc1ccccc1)C(C)C. The Labute approximate surface area is 114 Å². The van der Waals surface area contributed by atoms with Gasteiger partial charge in [0.15, 0.2) is 0 Å². The van der Waals surface area contributed by atoms with Gasteiger partial charge in [0, 0.05) is 6.54 Å². The Morgan fingerprint density at radius 3 is 2.32 bits per heavy atom. The van der Waals surface area contributed by atoms with Crippen LogP contribution in [0.15, 0.2) is 30.3 Å². The summed E-state index contributed by atoms with van der Waals surface area (Å²) in [5.41, 5.74) is 0.943. The second kappa shape index (κ2) is 7.56. The first-order valence-corrected chi connectivity index (χ1v) is 6.65. The Kier molecular flexibility index (Phi) is 6.06. The molecular weight excluding hydrogens is 240 g/mol. The normalized spacial score (nSPS) is 12.0. The molecule has 0 spiro atoms. The minimum absolute atomic E-state index is 0.0614. The summed E-state index contributed by atoms with van der Waals surface area (Å²) in [6.07, 6.45) is 0.295. The van der Waals surface area contributed by atoms with Gasteiger partial charge in [0.25, 0.3) is 0 Å². The Bertz CT molecular complexity index is 415. The Hall–Kier alpha value is -1.84. The van der Waals surface area contributed by atoms with Crippen molar-refractivity contribution in [2.24, 2.45) is 5.92 Å². The summed E-state index contributed by atoms with van der Waals surface area (Å²) in [7, 11) is 0. The van der Waals surface area contributed by atoms with E-state index >= 15 is 0 Å². The van der Waals surface area contributed by atoms with Gasteiger partial charge in [-0.2, -0.15) is 0 Å². The quantitative estimate of drug-likeness (QED) is 0.816. The molecule has 19 heavy (non-hydrogen) atoms. The molecule has 1 rings (SSSR count). The minimum atomic E-state index is -0.476. The van der Waals surface area contributed by atoms with Gasteiger partial charge < -0.3 is 10.6 Å². The van der Waals surface area contributed by atoms with Crippen molar-refractivity contribution in [1.82, 2.24) is 10.6 Å². The third-order valence-corrected chi connectivity index (χ3v) is 2.82. The number of hydrogen-bond acceptors (Lipinski definition) is 2. The van der Waals surface area contributed by atoms with E-state index in [4.69, 9.17) is 0 Å².